The number of aryl methyl sites for hydroxylation is 2. The molecule has 2 aliphatic rings. The summed E-state index contributed by atoms with van der Waals surface area (Å²) < 4.78 is 12.9. The van der Waals surface area contributed by atoms with Crippen molar-refractivity contribution in [3.63, 3.8) is 0 Å². The summed E-state index contributed by atoms with van der Waals surface area (Å²) in [5.74, 6) is 2.54. The molecule has 3 aromatic rings. The average Bonchev–Trinajstić information content (AvgIpc) is 3.09. The lowest BCUT2D eigenvalue weighted by Gasteiger charge is -2.47. The molecule has 4 heterocycles. The predicted molar refractivity (Wildman–Crippen MR) is 119 cm³/mol. The Balaban J connectivity index is 1.49. The van der Waals surface area contributed by atoms with Gasteiger partial charge in [-0.1, -0.05) is 23.4 Å². The Morgan fingerprint density at radius 3 is 2.77 bits per heavy atom. The number of hydrogen-bond donors (Lipinski definition) is 0. The zero-order chi connectivity index (χ0) is 21.5. The highest BCUT2D eigenvalue weighted by atomic mass is 16.5. The first-order chi connectivity index (χ1) is 15.0. The topological polar surface area (TPSA) is 60.5 Å². The third kappa shape index (κ3) is 3.69. The van der Waals surface area contributed by atoms with Gasteiger partial charge in [0.15, 0.2) is 0 Å². The van der Waals surface area contributed by atoms with Gasteiger partial charge < -0.3 is 13.8 Å². The molecule has 1 saturated heterocycles. The van der Waals surface area contributed by atoms with Crippen molar-refractivity contribution >= 4 is 0 Å². The molecule has 0 unspecified atom stereocenters. The lowest BCUT2D eigenvalue weighted by molar-refractivity contribution is 0.0849. The Hall–Kier alpha value is -2.86. The van der Waals surface area contributed by atoms with E-state index in [1.807, 2.05) is 32.0 Å². The summed E-state index contributed by atoms with van der Waals surface area (Å²) in [6.45, 7) is 6.76. The molecule has 5 rings (SSSR count). The maximum Gasteiger partial charge on any atom is 0.251 e. The van der Waals surface area contributed by atoms with E-state index in [9.17, 15) is 4.79 Å². The molecule has 2 aliphatic heterocycles. The summed E-state index contributed by atoms with van der Waals surface area (Å²) in [7, 11) is 1.69. The van der Waals surface area contributed by atoms with E-state index in [0.717, 1.165) is 49.7 Å². The number of hydrogen-bond acceptors (Lipinski definition) is 5. The summed E-state index contributed by atoms with van der Waals surface area (Å²) in [6, 6.07) is 14.1. The summed E-state index contributed by atoms with van der Waals surface area (Å²) in [6.07, 6.45) is 1.95. The van der Waals surface area contributed by atoms with Crippen LogP contribution in [0.5, 0.6) is 5.75 Å². The van der Waals surface area contributed by atoms with E-state index in [4.69, 9.17) is 9.26 Å². The fourth-order valence-electron chi connectivity index (χ4n) is 5.52. The van der Waals surface area contributed by atoms with Crippen LogP contribution in [0.2, 0.25) is 0 Å². The second-order valence-electron chi connectivity index (χ2n) is 8.97. The summed E-state index contributed by atoms with van der Waals surface area (Å²) in [4.78, 5) is 15.5. The van der Waals surface area contributed by atoms with Crippen LogP contribution in [0.4, 0.5) is 0 Å². The molecule has 0 amide bonds. The molecule has 1 aromatic carbocycles. The average molecular weight is 420 g/mol. The first-order valence-corrected chi connectivity index (χ1v) is 11.0. The number of pyridine rings is 1. The van der Waals surface area contributed by atoms with E-state index >= 15 is 0 Å². The molecule has 0 spiro atoms. The Kier molecular flexibility index (Phi) is 5.18. The second-order valence-corrected chi connectivity index (χ2v) is 8.97. The quantitative estimate of drug-likeness (QED) is 0.628. The van der Waals surface area contributed by atoms with Crippen LogP contribution in [0, 0.1) is 19.8 Å². The monoisotopic (exact) mass is 419 g/mol. The molecule has 0 aliphatic carbocycles. The van der Waals surface area contributed by atoms with Gasteiger partial charge in [-0.2, -0.15) is 0 Å². The molecule has 6 heteroatoms. The Morgan fingerprint density at radius 2 is 2.00 bits per heavy atom. The maximum atomic E-state index is 12.9. The third-order valence-electron chi connectivity index (χ3n) is 7.02. The van der Waals surface area contributed by atoms with E-state index < -0.39 is 0 Å². The molecule has 0 saturated carbocycles. The molecule has 162 valence electrons. The molecule has 2 bridgehead atoms. The van der Waals surface area contributed by atoms with Crippen LogP contribution in [-0.4, -0.2) is 34.8 Å². The van der Waals surface area contributed by atoms with Gasteiger partial charge in [-0.15, -0.1) is 0 Å². The molecule has 1 fully saturated rings. The highest BCUT2D eigenvalue weighted by Gasteiger charge is 2.40. The van der Waals surface area contributed by atoms with Crippen molar-refractivity contribution in [3.05, 3.63) is 81.1 Å². The number of benzene rings is 1. The molecule has 3 atom stereocenters. The lowest BCUT2D eigenvalue weighted by Crippen LogP contribution is -2.49. The van der Waals surface area contributed by atoms with Gasteiger partial charge in [0.2, 0.25) is 0 Å². The largest absolute Gasteiger partial charge is 0.497 e. The van der Waals surface area contributed by atoms with Crippen LogP contribution in [-0.2, 0) is 13.0 Å². The van der Waals surface area contributed by atoms with E-state index in [2.05, 4.69) is 32.8 Å². The van der Waals surface area contributed by atoms with Gasteiger partial charge in [0.05, 0.1) is 12.8 Å². The van der Waals surface area contributed by atoms with Gasteiger partial charge in [0.25, 0.3) is 5.56 Å². The highest BCUT2D eigenvalue weighted by molar-refractivity contribution is 5.30. The first-order valence-electron chi connectivity index (χ1n) is 11.0. The molecular weight excluding hydrogens is 390 g/mol. The van der Waals surface area contributed by atoms with Crippen molar-refractivity contribution in [2.24, 2.45) is 5.92 Å². The van der Waals surface area contributed by atoms with Gasteiger partial charge in [-0.3, -0.25) is 9.69 Å². The smallest absolute Gasteiger partial charge is 0.251 e. The molecule has 0 N–H and O–H groups in total. The SMILES string of the molecule is COc1cccc(C[C@H]2[C@H]3C[C@H](CN(Cc4c(C)noc4C)C3)c3cccc(=O)n32)c1. The Labute approximate surface area is 182 Å². The van der Waals surface area contributed by atoms with Crippen LogP contribution < -0.4 is 10.3 Å². The van der Waals surface area contributed by atoms with Crippen LogP contribution in [0.1, 0.15) is 46.7 Å². The van der Waals surface area contributed by atoms with E-state index in [0.29, 0.717) is 11.8 Å². The van der Waals surface area contributed by atoms with Gasteiger partial charge in [0.1, 0.15) is 11.5 Å². The van der Waals surface area contributed by atoms with Crippen LogP contribution in [0.15, 0.2) is 51.8 Å². The minimum Gasteiger partial charge on any atom is -0.497 e. The fourth-order valence-corrected chi connectivity index (χ4v) is 5.52. The van der Waals surface area contributed by atoms with Crippen LogP contribution in [0.25, 0.3) is 0 Å². The number of fused-ring (bicyclic) bond motifs is 4. The summed E-state index contributed by atoms with van der Waals surface area (Å²) in [5.41, 5.74) is 4.64. The van der Waals surface area contributed by atoms with Gasteiger partial charge in [-0.05, 0) is 56.4 Å². The van der Waals surface area contributed by atoms with Gasteiger partial charge in [0, 0.05) is 48.9 Å². The maximum absolute atomic E-state index is 12.9. The lowest BCUT2D eigenvalue weighted by atomic mass is 9.76. The zero-order valence-electron chi connectivity index (χ0n) is 18.4. The normalized spacial score (nSPS) is 22.9. The number of piperidine rings is 1. The number of rotatable bonds is 5. The predicted octanol–water partition coefficient (Wildman–Crippen LogP) is 3.86. The van der Waals surface area contributed by atoms with Crippen molar-refractivity contribution in [2.75, 3.05) is 20.2 Å². The Bertz CT molecular complexity index is 1130. The third-order valence-corrected chi connectivity index (χ3v) is 7.02. The molecular formula is C25H29N3O3. The van der Waals surface area contributed by atoms with Crippen molar-refractivity contribution < 1.29 is 9.26 Å². The summed E-state index contributed by atoms with van der Waals surface area (Å²) >= 11 is 0. The number of methoxy groups -OCH3 is 1. The summed E-state index contributed by atoms with van der Waals surface area (Å²) in [5, 5.41) is 4.13. The van der Waals surface area contributed by atoms with E-state index in [-0.39, 0.29) is 11.6 Å². The van der Waals surface area contributed by atoms with Crippen LogP contribution >= 0.6 is 0 Å². The van der Waals surface area contributed by atoms with E-state index in [1.54, 1.807) is 13.2 Å². The highest BCUT2D eigenvalue weighted by Crippen LogP contribution is 2.43. The molecule has 6 nitrogen and oxygen atoms in total. The fraction of sp³-hybridized carbons (Fsp3) is 0.440. The number of nitrogens with zero attached hydrogens (tertiary/aromatic N) is 3. The molecule has 31 heavy (non-hydrogen) atoms. The zero-order valence-corrected chi connectivity index (χ0v) is 18.4. The molecule has 0 radical (unpaired) electrons. The second kappa shape index (κ2) is 8.00. The molecule has 2 aromatic heterocycles. The standard InChI is InChI=1S/C25H29N3O3/c1-16-22(17(2)31-26-16)15-27-13-19-12-20(14-27)24(28-23(19)8-5-9-25(28)29)11-18-6-4-7-21(10-18)30-3/h4-10,19-20,24H,11-15H2,1-3H3/t19-,20+,24+/m1/s1. The number of aromatic nitrogens is 2. The van der Waals surface area contributed by atoms with Crippen molar-refractivity contribution in [1.82, 2.24) is 14.6 Å². The van der Waals surface area contributed by atoms with Crippen molar-refractivity contribution in [2.45, 2.75) is 45.2 Å². The van der Waals surface area contributed by atoms with Gasteiger partial charge in [-0.25, -0.2) is 0 Å². The minimum atomic E-state index is 0.110. The minimum absolute atomic E-state index is 0.110. The van der Waals surface area contributed by atoms with Crippen molar-refractivity contribution in [1.29, 1.82) is 0 Å². The van der Waals surface area contributed by atoms with Crippen LogP contribution in [0.3, 0.4) is 0 Å². The Morgan fingerprint density at radius 1 is 1.16 bits per heavy atom. The van der Waals surface area contributed by atoms with Crippen molar-refractivity contribution in [3.8, 4) is 5.75 Å². The van der Waals surface area contributed by atoms with Gasteiger partial charge >= 0.3 is 0 Å². The number of ether oxygens (including phenoxy) is 1. The number of likely N-dealkylation sites (tertiary alicyclic amines) is 1. The first kappa shape index (κ1) is 20.1. The van der Waals surface area contributed by atoms with E-state index in [1.165, 1.54) is 16.8 Å².